The Bertz CT molecular complexity index is 1790. The number of benzene rings is 3. The molecule has 1 unspecified atom stereocenters. The Labute approximate surface area is 311 Å². The summed E-state index contributed by atoms with van der Waals surface area (Å²) in [4.78, 5) is 14.5. The van der Waals surface area contributed by atoms with E-state index >= 15 is 0 Å². The highest BCUT2D eigenvalue weighted by Gasteiger charge is 2.44. The summed E-state index contributed by atoms with van der Waals surface area (Å²) in [5.74, 6) is 1.77. The lowest BCUT2D eigenvalue weighted by Crippen LogP contribution is -3.11. The molecule has 0 radical (unpaired) electrons. The van der Waals surface area contributed by atoms with Crippen molar-refractivity contribution in [2.45, 2.75) is 51.2 Å². The summed E-state index contributed by atoms with van der Waals surface area (Å²) >= 11 is 10.6. The van der Waals surface area contributed by atoms with Crippen molar-refractivity contribution in [1.82, 2.24) is 19.5 Å². The molecule has 3 N–H and O–H groups in total. The van der Waals surface area contributed by atoms with Gasteiger partial charge in [-0.3, -0.25) is 4.57 Å². The number of hydrogen-bond donors (Lipinski definition) is 2. The number of nitrogens with two attached hydrogens (primary N) is 1. The molecular weight excluding hydrogens is 704 g/mol. The van der Waals surface area contributed by atoms with Gasteiger partial charge >= 0.3 is 0 Å². The second kappa shape index (κ2) is 18.2. The second-order valence-electron chi connectivity index (χ2n) is 11.9. The molecule has 2 aromatic heterocycles. The van der Waals surface area contributed by atoms with E-state index in [0.29, 0.717) is 23.4 Å². The maximum absolute atomic E-state index is 7.09. The summed E-state index contributed by atoms with van der Waals surface area (Å²) in [7, 11) is 3.29. The predicted octanol–water partition coefficient (Wildman–Crippen LogP) is 5.36. The van der Waals surface area contributed by atoms with Gasteiger partial charge in [0, 0.05) is 6.42 Å². The van der Waals surface area contributed by atoms with Crippen molar-refractivity contribution in [1.29, 1.82) is 0 Å². The zero-order chi connectivity index (χ0) is 36.4. The normalized spacial score (nSPS) is 17.6. The lowest BCUT2D eigenvalue weighted by molar-refractivity contribution is -0.894. The molecule has 1 aliphatic heterocycles. The molecule has 51 heavy (non-hydrogen) atoms. The monoisotopic (exact) mass is 749 g/mol. The fourth-order valence-electron chi connectivity index (χ4n) is 6.35. The quantitative estimate of drug-likeness (QED) is 0.0868. The van der Waals surface area contributed by atoms with E-state index in [2.05, 4.69) is 35.7 Å². The number of fused-ring (bicyclic) bond motifs is 1. The molecule has 6 rings (SSSR count). The SMILES string of the molecule is CC[NH+](CC)CC.COc1ccc(C(OC[C@H]2O[C@@H](n3cnc4c(N)ncnc43)C[C@@H]2O[P+](=S)[S-])(c2ccccc2)c2ccc(OC)cc2)cc1. The Hall–Kier alpha value is -3.68. The first kappa shape index (κ1) is 38.5. The Kier molecular flexibility index (Phi) is 13.7. The molecule has 270 valence electrons. The topological polar surface area (TPSA) is 120 Å². The first-order valence-electron chi connectivity index (χ1n) is 17.0. The van der Waals surface area contributed by atoms with E-state index in [4.69, 9.17) is 53.3 Å². The molecule has 0 aliphatic carbocycles. The summed E-state index contributed by atoms with van der Waals surface area (Å²) in [6.45, 7) is 10.6. The van der Waals surface area contributed by atoms with Gasteiger partial charge in [0.2, 0.25) is 6.13 Å². The van der Waals surface area contributed by atoms with Crippen LogP contribution in [0.4, 0.5) is 5.82 Å². The van der Waals surface area contributed by atoms with Crippen molar-refractivity contribution < 1.29 is 28.4 Å². The van der Waals surface area contributed by atoms with Gasteiger partial charge in [-0.25, -0.2) is 15.0 Å². The third-order valence-corrected chi connectivity index (χ3v) is 10.2. The van der Waals surface area contributed by atoms with Crippen LogP contribution >= 0.6 is 6.13 Å². The Morgan fingerprint density at radius 3 is 1.96 bits per heavy atom. The number of hydrogen-bond acceptors (Lipinski definition) is 11. The zero-order valence-electron chi connectivity index (χ0n) is 29.6. The van der Waals surface area contributed by atoms with Crippen LogP contribution in [0.15, 0.2) is 91.5 Å². The van der Waals surface area contributed by atoms with Gasteiger partial charge in [-0.1, -0.05) is 54.6 Å². The average Bonchev–Trinajstić information content (AvgIpc) is 3.78. The van der Waals surface area contributed by atoms with Gasteiger partial charge in [-0.05, 0) is 61.7 Å². The minimum Gasteiger partial charge on any atom is -0.497 e. The van der Waals surface area contributed by atoms with E-state index in [1.165, 1.54) is 26.0 Å². The minimum atomic E-state index is -1.50. The highest BCUT2D eigenvalue weighted by atomic mass is 32.9. The lowest BCUT2D eigenvalue weighted by atomic mass is 9.80. The number of aromatic nitrogens is 4. The van der Waals surface area contributed by atoms with Gasteiger partial charge in [0.15, 0.2) is 23.3 Å². The molecule has 0 bridgehead atoms. The molecule has 14 heteroatoms. The summed E-state index contributed by atoms with van der Waals surface area (Å²) < 4.78 is 32.5. The van der Waals surface area contributed by atoms with Gasteiger partial charge in [0.1, 0.15) is 47.4 Å². The number of rotatable bonds is 14. The number of quaternary nitrogens is 1. The van der Waals surface area contributed by atoms with Crippen molar-refractivity contribution in [3.8, 4) is 11.5 Å². The fraction of sp³-hybridized carbons (Fsp3) is 0.378. The lowest BCUT2D eigenvalue weighted by Gasteiger charge is -2.37. The predicted molar refractivity (Wildman–Crippen MR) is 206 cm³/mol. The number of nitrogens with zero attached hydrogens (tertiary/aromatic N) is 4. The van der Waals surface area contributed by atoms with Crippen LogP contribution in [0, 0.1) is 0 Å². The smallest absolute Gasteiger partial charge is 0.201 e. The molecule has 0 saturated carbocycles. The number of nitrogens with one attached hydrogen (secondary N) is 1. The molecule has 1 fully saturated rings. The summed E-state index contributed by atoms with van der Waals surface area (Å²) in [5, 5.41) is 0. The molecular formula is C37H46N6O5PS2+. The second-order valence-corrected chi connectivity index (χ2v) is 15.3. The van der Waals surface area contributed by atoms with Crippen LogP contribution in [-0.2, 0) is 43.7 Å². The van der Waals surface area contributed by atoms with E-state index < -0.39 is 30.2 Å². The molecule has 5 aromatic rings. The third-order valence-electron chi connectivity index (χ3n) is 9.24. The summed E-state index contributed by atoms with van der Waals surface area (Å²) in [6.07, 6.45) is 0.637. The summed E-state index contributed by atoms with van der Waals surface area (Å²) in [5.41, 5.74) is 8.82. The van der Waals surface area contributed by atoms with Crippen molar-refractivity contribution >= 4 is 47.2 Å². The van der Waals surface area contributed by atoms with Crippen molar-refractivity contribution in [2.24, 2.45) is 0 Å². The number of nitrogen functional groups attached to an aromatic ring is 1. The third kappa shape index (κ3) is 8.86. The Balaban J connectivity index is 0.000000654. The first-order chi connectivity index (χ1) is 24.8. The minimum absolute atomic E-state index is 0.158. The van der Waals surface area contributed by atoms with Crippen molar-refractivity contribution in [2.75, 3.05) is 46.2 Å². The van der Waals surface area contributed by atoms with E-state index in [1.807, 2.05) is 83.4 Å². The molecule has 11 nitrogen and oxygen atoms in total. The van der Waals surface area contributed by atoms with E-state index in [1.54, 1.807) is 25.4 Å². The maximum atomic E-state index is 7.09. The zero-order valence-corrected chi connectivity index (χ0v) is 32.1. The molecule has 1 saturated heterocycles. The van der Waals surface area contributed by atoms with Crippen LogP contribution in [0.25, 0.3) is 11.2 Å². The molecule has 1 aliphatic rings. The molecule has 0 spiro atoms. The molecule has 4 atom stereocenters. The average molecular weight is 750 g/mol. The highest BCUT2D eigenvalue weighted by molar-refractivity contribution is 8.45. The number of ether oxygens (including phenoxy) is 4. The van der Waals surface area contributed by atoms with Gasteiger partial charge < -0.3 is 41.8 Å². The molecule has 3 heterocycles. The molecule has 0 amide bonds. The largest absolute Gasteiger partial charge is 0.497 e. The maximum Gasteiger partial charge on any atom is 0.201 e. The van der Waals surface area contributed by atoms with Crippen LogP contribution in [-0.4, -0.2) is 72.2 Å². The standard InChI is InChI=1S/C31H30N5O5PS2.C6H15N/c1-37-23-12-8-21(9-13-23)31(20-6-4-3-5-7-20,22-10-14-24(38-2)15-11-22)39-17-26-25(41-42(43)44)16-27(40-26)36-19-35-28-29(32)33-18-34-30(28)36;1-4-7(5-2)6-3/h3-15,18-19,25-27H,16-17H2,1-2H3,(H2,32,33,34);4-6H2,1-3H3/p+1/t25-,26+,27+;/m0./s1. The van der Waals surface area contributed by atoms with Crippen LogP contribution < -0.4 is 20.1 Å². The summed E-state index contributed by atoms with van der Waals surface area (Å²) in [6, 6.07) is 25.8. The van der Waals surface area contributed by atoms with Crippen molar-refractivity contribution in [3.63, 3.8) is 0 Å². The van der Waals surface area contributed by atoms with Crippen LogP contribution in [0.5, 0.6) is 11.5 Å². The van der Waals surface area contributed by atoms with Crippen LogP contribution in [0.3, 0.4) is 0 Å². The van der Waals surface area contributed by atoms with Gasteiger partial charge in [-0.15, -0.1) is 0 Å². The fourth-order valence-corrected chi connectivity index (χ4v) is 7.46. The van der Waals surface area contributed by atoms with E-state index in [0.717, 1.165) is 28.2 Å². The number of anilines is 1. The van der Waals surface area contributed by atoms with Gasteiger partial charge in [-0.2, -0.15) is 4.52 Å². The van der Waals surface area contributed by atoms with E-state index in [9.17, 15) is 0 Å². The molecule has 3 aromatic carbocycles. The Morgan fingerprint density at radius 2 is 1.45 bits per heavy atom. The number of methoxy groups -OCH3 is 2. The van der Waals surface area contributed by atoms with Crippen LogP contribution in [0.1, 0.15) is 50.1 Å². The Morgan fingerprint density at radius 1 is 0.882 bits per heavy atom. The van der Waals surface area contributed by atoms with Gasteiger partial charge in [0.05, 0.1) is 46.8 Å². The van der Waals surface area contributed by atoms with Gasteiger partial charge in [0.25, 0.3) is 0 Å². The highest BCUT2D eigenvalue weighted by Crippen LogP contribution is 2.44. The first-order valence-corrected chi connectivity index (χ1v) is 20.3. The number of imidazole rings is 1. The van der Waals surface area contributed by atoms with E-state index in [-0.39, 0.29) is 6.61 Å². The van der Waals surface area contributed by atoms with Crippen molar-refractivity contribution in [3.05, 3.63) is 108 Å². The van der Waals surface area contributed by atoms with Crippen LogP contribution in [0.2, 0.25) is 0 Å².